The second-order valence-electron chi connectivity index (χ2n) is 4.20. The van der Waals surface area contributed by atoms with Gasteiger partial charge in [-0.1, -0.05) is 0 Å². The molecule has 1 heterocycles. The molecule has 1 aromatic carbocycles. The summed E-state index contributed by atoms with van der Waals surface area (Å²) in [5.41, 5.74) is 6.10. The number of nitrogens with zero attached hydrogens (tertiary/aromatic N) is 3. The molecule has 8 heteroatoms. The second-order valence-corrected chi connectivity index (χ2v) is 4.20. The summed E-state index contributed by atoms with van der Waals surface area (Å²) in [6.45, 7) is 1.78. The Bertz CT molecular complexity index is 771. The van der Waals surface area contributed by atoms with Gasteiger partial charge in [0.2, 0.25) is 0 Å². The first-order valence-corrected chi connectivity index (χ1v) is 6.29. The molecular weight excluding hydrogens is 288 g/mol. The van der Waals surface area contributed by atoms with E-state index in [-0.39, 0.29) is 29.2 Å². The molecule has 3 N–H and O–H groups in total. The molecular formula is C14H12N4O4. The fraction of sp³-hybridized carbons (Fsp3) is 0.143. The number of hydrogen-bond acceptors (Lipinski definition) is 6. The predicted octanol–water partition coefficient (Wildman–Crippen LogP) is 1.20. The lowest BCUT2D eigenvalue weighted by Crippen LogP contribution is -2.08. The summed E-state index contributed by atoms with van der Waals surface area (Å²) in [7, 11) is 0. The first kappa shape index (κ1) is 15.1. The van der Waals surface area contributed by atoms with Crippen LogP contribution in [0.15, 0.2) is 24.3 Å². The lowest BCUT2D eigenvalue weighted by molar-refractivity contribution is 0.0518. The normalized spacial score (nSPS) is 10.0. The molecule has 0 amide bonds. The highest BCUT2D eigenvalue weighted by atomic mass is 16.5. The Morgan fingerprint density at radius 3 is 2.55 bits per heavy atom. The van der Waals surface area contributed by atoms with Gasteiger partial charge < -0.3 is 15.6 Å². The van der Waals surface area contributed by atoms with Gasteiger partial charge in [0.05, 0.1) is 17.9 Å². The second kappa shape index (κ2) is 5.97. The minimum absolute atomic E-state index is 0.0198. The van der Waals surface area contributed by atoms with E-state index >= 15 is 0 Å². The maximum Gasteiger partial charge on any atom is 0.360 e. The van der Waals surface area contributed by atoms with Crippen LogP contribution in [0.2, 0.25) is 0 Å². The van der Waals surface area contributed by atoms with Gasteiger partial charge >= 0.3 is 11.9 Å². The number of aromatic carboxylic acids is 1. The van der Waals surface area contributed by atoms with Gasteiger partial charge in [-0.25, -0.2) is 14.3 Å². The molecule has 0 aliphatic heterocycles. The molecule has 1 aromatic heterocycles. The van der Waals surface area contributed by atoms with Crippen LogP contribution in [-0.2, 0) is 4.74 Å². The van der Waals surface area contributed by atoms with Gasteiger partial charge in [-0.2, -0.15) is 10.4 Å². The molecule has 8 nitrogen and oxygen atoms in total. The van der Waals surface area contributed by atoms with Gasteiger partial charge in [-0.3, -0.25) is 0 Å². The third-order valence-corrected chi connectivity index (χ3v) is 2.86. The van der Waals surface area contributed by atoms with Crippen LogP contribution < -0.4 is 5.73 Å². The molecule has 0 saturated carbocycles. The number of nitriles is 1. The van der Waals surface area contributed by atoms with Crippen molar-refractivity contribution in [1.82, 2.24) is 9.78 Å². The van der Waals surface area contributed by atoms with Gasteiger partial charge in [0.1, 0.15) is 17.5 Å². The summed E-state index contributed by atoms with van der Waals surface area (Å²) in [4.78, 5) is 22.6. The quantitative estimate of drug-likeness (QED) is 0.811. The number of carbonyl (C=O) groups is 2. The van der Waals surface area contributed by atoms with Crippen molar-refractivity contribution >= 4 is 17.8 Å². The minimum Gasteiger partial charge on any atom is -0.478 e. The Hall–Kier alpha value is -3.34. The Morgan fingerprint density at radius 2 is 2.05 bits per heavy atom. The maximum atomic E-state index is 11.8. The van der Waals surface area contributed by atoms with Crippen molar-refractivity contribution in [1.29, 1.82) is 5.26 Å². The number of ether oxygens (including phenoxy) is 1. The molecule has 0 bridgehead atoms. The van der Waals surface area contributed by atoms with E-state index in [9.17, 15) is 9.59 Å². The zero-order valence-corrected chi connectivity index (χ0v) is 11.6. The van der Waals surface area contributed by atoms with Crippen molar-refractivity contribution in [3.05, 3.63) is 41.1 Å². The number of hydrogen-bond donors (Lipinski definition) is 2. The monoisotopic (exact) mass is 300 g/mol. The minimum atomic E-state index is -1.06. The van der Waals surface area contributed by atoms with Gasteiger partial charge in [0.25, 0.3) is 0 Å². The van der Waals surface area contributed by atoms with Crippen molar-refractivity contribution in [2.24, 2.45) is 0 Å². The molecule has 112 valence electrons. The van der Waals surface area contributed by atoms with Gasteiger partial charge in [-0.05, 0) is 31.2 Å². The zero-order chi connectivity index (χ0) is 16.3. The van der Waals surface area contributed by atoms with E-state index in [0.717, 1.165) is 0 Å². The van der Waals surface area contributed by atoms with Crippen LogP contribution in [0.4, 0.5) is 5.82 Å². The standard InChI is InChI=1S/C14H12N4O4/c1-2-22-14(21)11-10(7-15)12(16)18(17-11)9-5-3-8(4-6-9)13(19)20/h3-6H,2,16H2,1H3,(H,19,20). The number of carboxylic acids is 1. The third-order valence-electron chi connectivity index (χ3n) is 2.86. The highest BCUT2D eigenvalue weighted by molar-refractivity contribution is 5.92. The van der Waals surface area contributed by atoms with E-state index in [1.807, 2.05) is 6.07 Å². The first-order chi connectivity index (χ1) is 10.5. The molecule has 2 rings (SSSR count). The average molecular weight is 300 g/mol. The van der Waals surface area contributed by atoms with Crippen molar-refractivity contribution in [3.8, 4) is 11.8 Å². The number of rotatable bonds is 4. The summed E-state index contributed by atoms with van der Waals surface area (Å²) in [6, 6.07) is 7.51. The topological polar surface area (TPSA) is 131 Å². The molecule has 0 aliphatic carbocycles. The molecule has 2 aromatic rings. The molecule has 0 fully saturated rings. The highest BCUT2D eigenvalue weighted by Crippen LogP contribution is 2.21. The Kier molecular flexibility index (Phi) is 4.08. The summed E-state index contributed by atoms with van der Waals surface area (Å²) in [6.07, 6.45) is 0. The lowest BCUT2D eigenvalue weighted by Gasteiger charge is -2.04. The summed E-state index contributed by atoms with van der Waals surface area (Å²) < 4.78 is 6.02. The molecule has 0 saturated heterocycles. The van der Waals surface area contributed by atoms with Crippen molar-refractivity contribution < 1.29 is 19.4 Å². The first-order valence-electron chi connectivity index (χ1n) is 6.29. The SMILES string of the molecule is CCOC(=O)c1nn(-c2ccc(C(=O)O)cc2)c(N)c1C#N. The van der Waals surface area contributed by atoms with E-state index < -0.39 is 11.9 Å². The van der Waals surface area contributed by atoms with Crippen LogP contribution in [0.3, 0.4) is 0 Å². The van der Waals surface area contributed by atoms with E-state index in [1.54, 1.807) is 6.92 Å². The third kappa shape index (κ3) is 2.60. The Balaban J connectivity index is 2.50. The van der Waals surface area contributed by atoms with Crippen molar-refractivity contribution in [3.63, 3.8) is 0 Å². The molecule has 0 atom stereocenters. The van der Waals surface area contributed by atoms with Crippen molar-refractivity contribution in [2.75, 3.05) is 12.3 Å². The van der Waals surface area contributed by atoms with E-state index in [0.29, 0.717) is 5.69 Å². The smallest absolute Gasteiger partial charge is 0.360 e. The molecule has 0 spiro atoms. The highest BCUT2D eigenvalue weighted by Gasteiger charge is 2.23. The van der Waals surface area contributed by atoms with Gasteiger partial charge in [0, 0.05) is 0 Å². The Morgan fingerprint density at radius 1 is 1.41 bits per heavy atom. The fourth-order valence-corrected chi connectivity index (χ4v) is 1.83. The molecule has 0 aliphatic rings. The van der Waals surface area contributed by atoms with Crippen LogP contribution in [0, 0.1) is 11.3 Å². The number of benzene rings is 1. The molecule has 0 radical (unpaired) electrons. The van der Waals surface area contributed by atoms with Gasteiger partial charge in [0.15, 0.2) is 5.69 Å². The van der Waals surface area contributed by atoms with E-state index in [1.165, 1.54) is 28.9 Å². The fourth-order valence-electron chi connectivity index (χ4n) is 1.83. The Labute approximate surface area is 125 Å². The number of esters is 1. The summed E-state index contributed by atoms with van der Waals surface area (Å²) in [5.74, 6) is -1.83. The number of carbonyl (C=O) groups excluding carboxylic acids is 1. The van der Waals surface area contributed by atoms with E-state index in [4.69, 9.17) is 20.8 Å². The predicted molar refractivity (Wildman–Crippen MR) is 75.6 cm³/mol. The van der Waals surface area contributed by atoms with Crippen molar-refractivity contribution in [2.45, 2.75) is 6.92 Å². The van der Waals surface area contributed by atoms with Crippen LogP contribution >= 0.6 is 0 Å². The number of nitrogen functional groups attached to an aromatic ring is 1. The number of nitrogens with two attached hydrogens (primary N) is 1. The lowest BCUT2D eigenvalue weighted by atomic mass is 10.2. The van der Waals surface area contributed by atoms with Crippen LogP contribution in [0.5, 0.6) is 0 Å². The molecule has 22 heavy (non-hydrogen) atoms. The average Bonchev–Trinajstić information content (AvgIpc) is 2.84. The van der Waals surface area contributed by atoms with Crippen LogP contribution in [0.1, 0.15) is 33.3 Å². The van der Waals surface area contributed by atoms with Crippen LogP contribution in [-0.4, -0.2) is 33.4 Å². The molecule has 0 unspecified atom stereocenters. The summed E-state index contributed by atoms with van der Waals surface area (Å²) in [5, 5.41) is 22.0. The summed E-state index contributed by atoms with van der Waals surface area (Å²) >= 11 is 0. The largest absolute Gasteiger partial charge is 0.478 e. The zero-order valence-electron chi connectivity index (χ0n) is 11.6. The maximum absolute atomic E-state index is 11.8. The van der Waals surface area contributed by atoms with Gasteiger partial charge in [-0.15, -0.1) is 0 Å². The van der Waals surface area contributed by atoms with E-state index in [2.05, 4.69) is 5.10 Å². The number of carboxylic acid groups (broad SMARTS) is 1. The number of anilines is 1. The van der Waals surface area contributed by atoms with Crippen LogP contribution in [0.25, 0.3) is 5.69 Å². The number of aromatic nitrogens is 2.